The predicted octanol–water partition coefficient (Wildman–Crippen LogP) is 5.02. The largest absolute Gasteiger partial charge is 0.481 e. The van der Waals surface area contributed by atoms with E-state index < -0.39 is 5.97 Å². The van der Waals surface area contributed by atoms with Crippen LogP contribution in [0, 0.1) is 5.92 Å². The van der Waals surface area contributed by atoms with Gasteiger partial charge in [0.15, 0.2) is 0 Å². The van der Waals surface area contributed by atoms with E-state index in [0.29, 0.717) is 13.1 Å². The highest BCUT2D eigenvalue weighted by atomic mass is 35.5. The Balaban J connectivity index is 0.00000306. The minimum atomic E-state index is -0.931. The third kappa shape index (κ3) is 5.92. The van der Waals surface area contributed by atoms with E-state index in [2.05, 4.69) is 66.8 Å². The van der Waals surface area contributed by atoms with Crippen LogP contribution in [0.5, 0.6) is 0 Å². The molecule has 1 heterocycles. The molecule has 1 aliphatic rings. The highest BCUT2D eigenvalue weighted by Gasteiger charge is 2.36. The van der Waals surface area contributed by atoms with Gasteiger partial charge in [-0.1, -0.05) is 72.8 Å². The van der Waals surface area contributed by atoms with Crippen molar-refractivity contribution in [3.05, 3.63) is 83.9 Å². The number of nitrogens with one attached hydrogen (secondary N) is 1. The zero-order chi connectivity index (χ0) is 22.5. The van der Waals surface area contributed by atoms with E-state index in [1.165, 1.54) is 21.9 Å². The first kappa shape index (κ1) is 24.7. The minimum Gasteiger partial charge on any atom is -0.481 e. The lowest BCUT2D eigenvalue weighted by Gasteiger charge is -2.23. The third-order valence-electron chi connectivity index (χ3n) is 6.55. The number of nitrogens with zero attached hydrogens (tertiary/aromatic N) is 1. The molecule has 0 spiro atoms. The van der Waals surface area contributed by atoms with Crippen molar-refractivity contribution in [3.63, 3.8) is 0 Å². The molecule has 1 saturated heterocycles. The van der Waals surface area contributed by atoms with Gasteiger partial charge in [0.1, 0.15) is 0 Å². The molecule has 0 bridgehead atoms. The highest BCUT2D eigenvalue weighted by Crippen LogP contribution is 2.33. The molecule has 3 aromatic carbocycles. The Kier molecular flexibility index (Phi) is 8.48. The molecule has 2 N–H and O–H groups in total. The molecule has 6 heteroatoms. The molecular weight excluding hydrogens is 436 g/mol. The van der Waals surface area contributed by atoms with Crippen LogP contribution in [0.2, 0.25) is 0 Å². The lowest BCUT2D eigenvalue weighted by molar-refractivity contribution is -0.140. The Morgan fingerprint density at radius 2 is 1.67 bits per heavy atom. The zero-order valence-corrected chi connectivity index (χ0v) is 19.6. The molecule has 0 radical (unpaired) electrons. The van der Waals surface area contributed by atoms with E-state index in [9.17, 15) is 9.59 Å². The van der Waals surface area contributed by atoms with Gasteiger partial charge in [0, 0.05) is 38.0 Å². The Hall–Kier alpha value is -2.89. The van der Waals surface area contributed by atoms with Crippen LogP contribution in [0.4, 0.5) is 0 Å². The number of hydrogen-bond donors (Lipinski definition) is 2. The number of carboxylic acids is 1. The first-order valence-electron chi connectivity index (χ1n) is 11.3. The number of hydrogen-bond acceptors (Lipinski definition) is 3. The zero-order valence-electron chi connectivity index (χ0n) is 18.8. The van der Waals surface area contributed by atoms with Gasteiger partial charge in [0.25, 0.3) is 0 Å². The molecule has 3 atom stereocenters. The molecule has 0 aliphatic carbocycles. The Labute approximate surface area is 201 Å². The summed E-state index contributed by atoms with van der Waals surface area (Å²) in [4.78, 5) is 25.4. The average Bonchev–Trinajstić information content (AvgIpc) is 3.25. The summed E-state index contributed by atoms with van der Waals surface area (Å²) >= 11 is 0. The van der Waals surface area contributed by atoms with Gasteiger partial charge in [-0.3, -0.25) is 9.59 Å². The van der Waals surface area contributed by atoms with Gasteiger partial charge < -0.3 is 15.3 Å². The number of carbonyl (C=O) groups is 2. The fourth-order valence-corrected chi connectivity index (χ4v) is 4.80. The number of halogens is 1. The summed E-state index contributed by atoms with van der Waals surface area (Å²) in [5, 5.41) is 15.1. The molecule has 0 unspecified atom stereocenters. The van der Waals surface area contributed by atoms with Crippen LogP contribution in [0.25, 0.3) is 10.8 Å². The molecule has 1 fully saturated rings. The van der Waals surface area contributed by atoms with Crippen molar-refractivity contribution in [3.8, 4) is 0 Å². The molecule has 1 aliphatic heterocycles. The molecule has 33 heavy (non-hydrogen) atoms. The average molecular weight is 467 g/mol. The summed E-state index contributed by atoms with van der Waals surface area (Å²) in [6, 6.07) is 25.3. The topological polar surface area (TPSA) is 69.6 Å². The molecule has 4 rings (SSSR count). The predicted molar refractivity (Wildman–Crippen MR) is 134 cm³/mol. The highest BCUT2D eigenvalue weighted by molar-refractivity contribution is 5.86. The van der Waals surface area contributed by atoms with Crippen molar-refractivity contribution in [2.75, 3.05) is 19.6 Å². The second-order valence-corrected chi connectivity index (χ2v) is 8.67. The van der Waals surface area contributed by atoms with Gasteiger partial charge in [0.2, 0.25) is 5.91 Å². The van der Waals surface area contributed by atoms with Crippen LogP contribution < -0.4 is 5.32 Å². The van der Waals surface area contributed by atoms with E-state index in [1.54, 1.807) is 0 Å². The van der Waals surface area contributed by atoms with Crippen LogP contribution >= 0.6 is 12.4 Å². The van der Waals surface area contributed by atoms with Crippen LogP contribution in [0.1, 0.15) is 42.9 Å². The molecule has 1 amide bonds. The van der Waals surface area contributed by atoms with Crippen LogP contribution in [0.3, 0.4) is 0 Å². The number of benzene rings is 3. The number of likely N-dealkylation sites (tertiary alicyclic amines) is 1. The quantitative estimate of drug-likeness (QED) is 0.489. The van der Waals surface area contributed by atoms with Crippen molar-refractivity contribution in [1.82, 2.24) is 10.2 Å². The molecule has 0 saturated carbocycles. The normalized spacial score (nSPS) is 18.6. The summed E-state index contributed by atoms with van der Waals surface area (Å²) in [6.07, 6.45) is -0.0598. The Morgan fingerprint density at radius 1 is 0.970 bits per heavy atom. The van der Waals surface area contributed by atoms with Gasteiger partial charge >= 0.3 is 5.97 Å². The van der Waals surface area contributed by atoms with Gasteiger partial charge in [-0.15, -0.1) is 12.4 Å². The van der Waals surface area contributed by atoms with E-state index in [0.717, 1.165) is 6.54 Å². The fourth-order valence-electron chi connectivity index (χ4n) is 4.80. The maximum absolute atomic E-state index is 12.6. The SMILES string of the molecule is C[C@@H](NC[C@H]1CN(C(=O)CCC(=O)O)C[C@@H]1c1ccccc1)c1cccc2ccccc12.Cl. The number of amides is 1. The molecular formula is C27H31ClN2O3. The van der Waals surface area contributed by atoms with E-state index in [4.69, 9.17) is 5.11 Å². The molecule has 174 valence electrons. The summed E-state index contributed by atoms with van der Waals surface area (Å²) < 4.78 is 0. The molecule has 3 aromatic rings. The Bertz CT molecular complexity index is 1080. The van der Waals surface area contributed by atoms with Crippen LogP contribution in [0.15, 0.2) is 72.8 Å². The lowest BCUT2D eigenvalue weighted by atomic mass is 9.88. The van der Waals surface area contributed by atoms with Gasteiger partial charge in [0.05, 0.1) is 6.42 Å². The summed E-state index contributed by atoms with van der Waals surface area (Å²) in [7, 11) is 0. The Morgan fingerprint density at radius 3 is 2.42 bits per heavy atom. The number of fused-ring (bicyclic) bond motifs is 1. The summed E-state index contributed by atoms with van der Waals surface area (Å²) in [5.74, 6) is -0.502. The monoisotopic (exact) mass is 466 g/mol. The first-order valence-corrected chi connectivity index (χ1v) is 11.3. The van der Waals surface area contributed by atoms with Crippen molar-refractivity contribution in [2.24, 2.45) is 5.92 Å². The summed E-state index contributed by atoms with van der Waals surface area (Å²) in [6.45, 7) is 4.25. The van der Waals surface area contributed by atoms with Gasteiger partial charge in [-0.2, -0.15) is 0 Å². The van der Waals surface area contributed by atoms with Crippen molar-refractivity contribution in [1.29, 1.82) is 0 Å². The van der Waals surface area contributed by atoms with Crippen LogP contribution in [-0.2, 0) is 9.59 Å². The second kappa shape index (κ2) is 11.3. The maximum atomic E-state index is 12.6. The van der Waals surface area contributed by atoms with E-state index in [1.807, 2.05) is 23.1 Å². The molecule has 0 aromatic heterocycles. The minimum absolute atomic E-state index is 0. The van der Waals surface area contributed by atoms with Crippen molar-refractivity contribution in [2.45, 2.75) is 31.7 Å². The van der Waals surface area contributed by atoms with Gasteiger partial charge in [-0.25, -0.2) is 0 Å². The van der Waals surface area contributed by atoms with E-state index in [-0.39, 0.29) is 49.0 Å². The second-order valence-electron chi connectivity index (χ2n) is 8.67. The number of carbonyl (C=O) groups excluding carboxylic acids is 1. The number of aliphatic carboxylic acids is 1. The van der Waals surface area contributed by atoms with Crippen molar-refractivity contribution < 1.29 is 14.7 Å². The number of carboxylic acid groups (broad SMARTS) is 1. The van der Waals surface area contributed by atoms with Crippen LogP contribution in [-0.4, -0.2) is 41.5 Å². The fraction of sp³-hybridized carbons (Fsp3) is 0.333. The number of rotatable bonds is 8. The first-order chi connectivity index (χ1) is 15.5. The van der Waals surface area contributed by atoms with Gasteiger partial charge in [-0.05, 0) is 34.7 Å². The lowest BCUT2D eigenvalue weighted by Crippen LogP contribution is -2.32. The molecule has 5 nitrogen and oxygen atoms in total. The maximum Gasteiger partial charge on any atom is 0.303 e. The van der Waals surface area contributed by atoms with Crippen molar-refractivity contribution >= 4 is 35.1 Å². The summed E-state index contributed by atoms with van der Waals surface area (Å²) in [5.41, 5.74) is 2.50. The standard InChI is InChI=1S/C27H30N2O3.ClH/c1-19(23-13-7-11-20-10-5-6-12-24(20)23)28-16-22-17-29(26(30)14-15-27(31)32)18-25(22)21-8-3-2-4-9-21;/h2-13,19,22,25,28H,14-18H2,1H3,(H,31,32);1H/t19-,22+,25-;/m1./s1. The third-order valence-corrected chi connectivity index (χ3v) is 6.55. The smallest absolute Gasteiger partial charge is 0.303 e. The van der Waals surface area contributed by atoms with E-state index >= 15 is 0 Å².